The highest BCUT2D eigenvalue weighted by atomic mass is 32.1. The number of anilines is 1. The quantitative estimate of drug-likeness (QED) is 0.340. The summed E-state index contributed by atoms with van der Waals surface area (Å²) in [7, 11) is 1.31. The smallest absolute Gasteiger partial charge is 0.341 e. The lowest BCUT2D eigenvalue weighted by Crippen LogP contribution is -2.21. The number of thiophene rings is 1. The van der Waals surface area contributed by atoms with E-state index in [1.165, 1.54) is 36.6 Å². The predicted molar refractivity (Wildman–Crippen MR) is 104 cm³/mol. The third-order valence-corrected chi connectivity index (χ3v) is 5.69. The van der Waals surface area contributed by atoms with Crippen LogP contribution in [-0.4, -0.2) is 30.5 Å². The topological polar surface area (TPSA) is 108 Å². The van der Waals surface area contributed by atoms with Crippen molar-refractivity contribution in [3.05, 3.63) is 50.4 Å². The molecule has 0 saturated heterocycles. The van der Waals surface area contributed by atoms with Crippen molar-refractivity contribution < 1.29 is 24.0 Å². The van der Waals surface area contributed by atoms with Crippen molar-refractivity contribution in [1.82, 2.24) is 0 Å². The third kappa shape index (κ3) is 4.30. The highest BCUT2D eigenvalue weighted by Crippen LogP contribution is 2.38. The van der Waals surface area contributed by atoms with E-state index in [4.69, 9.17) is 9.47 Å². The molecule has 0 spiro atoms. The Balaban J connectivity index is 1.75. The molecular formula is C19H20N2O6S. The van der Waals surface area contributed by atoms with Gasteiger partial charge in [0, 0.05) is 10.9 Å². The largest absolute Gasteiger partial charge is 0.477 e. The number of methoxy groups -OCH3 is 1. The molecule has 1 amide bonds. The van der Waals surface area contributed by atoms with Crippen molar-refractivity contribution in [2.24, 2.45) is 0 Å². The highest BCUT2D eigenvalue weighted by Gasteiger charge is 2.26. The molecule has 0 atom stereocenters. The monoisotopic (exact) mass is 404 g/mol. The molecule has 28 heavy (non-hydrogen) atoms. The molecule has 9 heteroatoms. The zero-order valence-corrected chi connectivity index (χ0v) is 16.2. The van der Waals surface area contributed by atoms with Gasteiger partial charge in [-0.05, 0) is 37.3 Å². The van der Waals surface area contributed by atoms with E-state index in [1.54, 1.807) is 6.07 Å². The number of hydrogen-bond donors (Lipinski definition) is 1. The molecule has 0 radical (unpaired) electrons. The maximum Gasteiger partial charge on any atom is 0.341 e. The van der Waals surface area contributed by atoms with E-state index in [2.05, 4.69) is 5.32 Å². The molecule has 1 N–H and O–H groups in total. The number of carbonyl (C=O) groups excluding carboxylic acids is 2. The number of para-hydroxylation sites is 2. The average molecular weight is 404 g/mol. The summed E-state index contributed by atoms with van der Waals surface area (Å²) in [4.78, 5) is 36.2. The fourth-order valence-electron chi connectivity index (χ4n) is 3.18. The first-order valence-corrected chi connectivity index (χ1v) is 9.71. The summed E-state index contributed by atoms with van der Waals surface area (Å²) in [6, 6.07) is 5.84. The zero-order chi connectivity index (χ0) is 20.1. The van der Waals surface area contributed by atoms with Gasteiger partial charge in [-0.25, -0.2) is 4.79 Å². The van der Waals surface area contributed by atoms with Crippen LogP contribution in [0.15, 0.2) is 24.3 Å². The van der Waals surface area contributed by atoms with Crippen molar-refractivity contribution in [1.29, 1.82) is 0 Å². The van der Waals surface area contributed by atoms with Crippen molar-refractivity contribution in [2.75, 3.05) is 19.0 Å². The van der Waals surface area contributed by atoms with E-state index in [9.17, 15) is 19.7 Å². The maximum absolute atomic E-state index is 12.4. The van der Waals surface area contributed by atoms with Crippen molar-refractivity contribution in [2.45, 2.75) is 32.1 Å². The van der Waals surface area contributed by atoms with Gasteiger partial charge in [-0.3, -0.25) is 14.9 Å². The minimum Gasteiger partial charge on any atom is -0.477 e. The van der Waals surface area contributed by atoms with Crippen LogP contribution >= 0.6 is 11.3 Å². The standard InChI is InChI=1S/C19H20N2O6S/c1-26-19(23)17-12-7-3-2-4-10-15(12)28-18(17)20-16(22)11-27-14-9-6-5-8-13(14)21(24)25/h5-6,8-9H,2-4,7,10-11H2,1H3,(H,20,22). The molecule has 0 aliphatic heterocycles. The van der Waals surface area contributed by atoms with Crippen LogP contribution in [0.5, 0.6) is 5.75 Å². The lowest BCUT2D eigenvalue weighted by Gasteiger charge is -2.09. The van der Waals surface area contributed by atoms with Gasteiger partial charge in [0.05, 0.1) is 17.6 Å². The Bertz CT molecular complexity index is 908. The van der Waals surface area contributed by atoms with Crippen LogP contribution in [0, 0.1) is 10.1 Å². The van der Waals surface area contributed by atoms with Gasteiger partial charge in [0.1, 0.15) is 5.00 Å². The number of esters is 1. The van der Waals surface area contributed by atoms with Crippen LogP contribution in [0.1, 0.15) is 40.1 Å². The molecule has 0 fully saturated rings. The van der Waals surface area contributed by atoms with Crippen LogP contribution in [0.4, 0.5) is 10.7 Å². The first-order valence-electron chi connectivity index (χ1n) is 8.90. The lowest BCUT2D eigenvalue weighted by molar-refractivity contribution is -0.385. The second-order valence-corrected chi connectivity index (χ2v) is 7.43. The molecule has 8 nitrogen and oxygen atoms in total. The highest BCUT2D eigenvalue weighted by molar-refractivity contribution is 7.17. The predicted octanol–water partition coefficient (Wildman–Crippen LogP) is 3.73. The Labute approximate surface area is 165 Å². The number of carbonyl (C=O) groups is 2. The van der Waals surface area contributed by atoms with E-state index < -0.39 is 23.4 Å². The molecule has 148 valence electrons. The third-order valence-electron chi connectivity index (χ3n) is 4.48. The first-order chi connectivity index (χ1) is 13.5. The number of hydrogen-bond acceptors (Lipinski definition) is 7. The normalized spacial score (nSPS) is 13.2. The van der Waals surface area contributed by atoms with E-state index in [-0.39, 0.29) is 11.4 Å². The average Bonchev–Trinajstić information content (AvgIpc) is 2.86. The Hall–Kier alpha value is -2.94. The summed E-state index contributed by atoms with van der Waals surface area (Å²) in [6.07, 6.45) is 4.78. The first kappa shape index (κ1) is 19.8. The molecule has 3 rings (SSSR count). The summed E-state index contributed by atoms with van der Waals surface area (Å²) in [5.74, 6) is -0.966. The number of fused-ring (bicyclic) bond motifs is 1. The molecule has 1 aromatic carbocycles. The van der Waals surface area contributed by atoms with Gasteiger partial charge in [-0.1, -0.05) is 18.6 Å². The minimum absolute atomic E-state index is 0.0119. The molecule has 1 aliphatic rings. The number of nitro groups is 1. The fourth-order valence-corrected chi connectivity index (χ4v) is 4.48. The number of nitrogens with one attached hydrogen (secondary N) is 1. The van der Waals surface area contributed by atoms with Gasteiger partial charge in [-0.2, -0.15) is 0 Å². The molecule has 0 bridgehead atoms. The van der Waals surface area contributed by atoms with Gasteiger partial charge in [0.15, 0.2) is 12.4 Å². The second kappa shape index (κ2) is 8.83. The molecule has 1 aliphatic carbocycles. The van der Waals surface area contributed by atoms with E-state index in [0.29, 0.717) is 10.6 Å². The van der Waals surface area contributed by atoms with Crippen LogP contribution in [0.2, 0.25) is 0 Å². The SMILES string of the molecule is COC(=O)c1c(NC(=O)COc2ccccc2[N+](=O)[O-])sc2c1CCCCC2. The number of benzene rings is 1. The Morgan fingerprint density at radius 1 is 1.21 bits per heavy atom. The van der Waals surface area contributed by atoms with Crippen molar-refractivity contribution in [3.8, 4) is 5.75 Å². The van der Waals surface area contributed by atoms with Crippen LogP contribution in [0.25, 0.3) is 0 Å². The summed E-state index contributed by atoms with van der Waals surface area (Å²) in [6.45, 7) is -0.409. The Morgan fingerprint density at radius 3 is 2.71 bits per heavy atom. The number of aryl methyl sites for hydroxylation is 1. The number of amides is 1. The summed E-state index contributed by atoms with van der Waals surface area (Å²) in [5, 5.41) is 14.2. The van der Waals surface area contributed by atoms with E-state index >= 15 is 0 Å². The van der Waals surface area contributed by atoms with Gasteiger partial charge < -0.3 is 14.8 Å². The fraction of sp³-hybridized carbons (Fsp3) is 0.368. The molecule has 1 heterocycles. The van der Waals surface area contributed by atoms with Crippen LogP contribution < -0.4 is 10.1 Å². The van der Waals surface area contributed by atoms with Gasteiger partial charge in [0.25, 0.3) is 5.91 Å². The van der Waals surface area contributed by atoms with E-state index in [0.717, 1.165) is 42.5 Å². The number of nitrogens with zero attached hydrogens (tertiary/aromatic N) is 1. The lowest BCUT2D eigenvalue weighted by atomic mass is 10.1. The van der Waals surface area contributed by atoms with Gasteiger partial charge in [-0.15, -0.1) is 11.3 Å². The molecular weight excluding hydrogens is 384 g/mol. The Morgan fingerprint density at radius 2 is 1.96 bits per heavy atom. The number of nitro benzene ring substituents is 1. The molecule has 0 unspecified atom stereocenters. The van der Waals surface area contributed by atoms with Crippen molar-refractivity contribution in [3.63, 3.8) is 0 Å². The molecule has 1 aromatic heterocycles. The maximum atomic E-state index is 12.4. The summed E-state index contributed by atoms with van der Waals surface area (Å²) >= 11 is 1.38. The van der Waals surface area contributed by atoms with Gasteiger partial charge in [0.2, 0.25) is 0 Å². The number of rotatable bonds is 6. The zero-order valence-electron chi connectivity index (χ0n) is 15.4. The minimum atomic E-state index is -0.571. The Kier molecular flexibility index (Phi) is 6.25. The second-order valence-electron chi connectivity index (χ2n) is 6.32. The van der Waals surface area contributed by atoms with Crippen LogP contribution in [0.3, 0.4) is 0 Å². The molecule has 0 saturated carbocycles. The molecule has 2 aromatic rings. The van der Waals surface area contributed by atoms with Crippen molar-refractivity contribution >= 4 is 33.9 Å². The van der Waals surface area contributed by atoms with E-state index in [1.807, 2.05) is 0 Å². The van der Waals surface area contributed by atoms with Crippen LogP contribution in [-0.2, 0) is 22.4 Å². The van der Waals surface area contributed by atoms with Gasteiger partial charge >= 0.3 is 11.7 Å². The summed E-state index contributed by atoms with van der Waals surface area (Å²) < 4.78 is 10.2. The number of ether oxygens (including phenoxy) is 2. The summed E-state index contributed by atoms with van der Waals surface area (Å²) in [5.41, 5.74) is 1.14.